The molecule has 0 unspecified atom stereocenters. The molecule has 0 aromatic carbocycles. The quantitative estimate of drug-likeness (QED) is 0.817. The van der Waals surface area contributed by atoms with E-state index in [1.807, 2.05) is 11.3 Å². The number of unbranched alkanes of at least 4 members (excludes halogenated alkanes) is 1. The van der Waals surface area contributed by atoms with Gasteiger partial charge in [0.05, 0.1) is 0 Å². The van der Waals surface area contributed by atoms with Crippen LogP contribution in [0.3, 0.4) is 0 Å². The highest BCUT2D eigenvalue weighted by Gasteiger charge is 2.41. The highest BCUT2D eigenvalue weighted by atomic mass is 32.1. The molecule has 1 aromatic rings. The topological polar surface area (TPSA) is 9.72 Å². The zero-order valence-electron chi connectivity index (χ0n) is 15.2. The van der Waals surface area contributed by atoms with Gasteiger partial charge in [-0.25, -0.2) is 0 Å². The Hall–Kier alpha value is -0.420. The Morgan fingerprint density at radius 2 is 1.78 bits per heavy atom. The Bertz CT molecular complexity index is 491. The molecule has 0 atom stereocenters. The standard InChI is InChI=1S/C19H33N3S/c1-4-5-6-17-7-8-18(23-17)15-22-11-9-19(10-12-22)16-20(2)13-14-21(19)3/h7-8H,4-6,9-16H2,1-3H3. The predicted octanol–water partition coefficient (Wildman–Crippen LogP) is 3.30. The van der Waals surface area contributed by atoms with E-state index < -0.39 is 0 Å². The summed E-state index contributed by atoms with van der Waals surface area (Å²) in [7, 11) is 4.62. The molecule has 2 aliphatic rings. The Labute approximate surface area is 146 Å². The van der Waals surface area contributed by atoms with E-state index in [1.54, 1.807) is 9.75 Å². The average molecular weight is 336 g/mol. The van der Waals surface area contributed by atoms with E-state index in [0.29, 0.717) is 5.54 Å². The number of hydrogen-bond donors (Lipinski definition) is 0. The Morgan fingerprint density at radius 3 is 2.52 bits per heavy atom. The minimum Gasteiger partial charge on any atom is -0.303 e. The molecule has 23 heavy (non-hydrogen) atoms. The summed E-state index contributed by atoms with van der Waals surface area (Å²) in [5, 5.41) is 0. The van der Waals surface area contributed by atoms with E-state index in [2.05, 4.69) is 47.9 Å². The van der Waals surface area contributed by atoms with Crippen molar-refractivity contribution in [3.05, 3.63) is 21.9 Å². The molecule has 3 rings (SSSR count). The van der Waals surface area contributed by atoms with Gasteiger partial charge in [-0.2, -0.15) is 0 Å². The third-order valence-corrected chi connectivity index (χ3v) is 6.98. The molecule has 4 heteroatoms. The number of piperazine rings is 1. The maximum absolute atomic E-state index is 2.67. The lowest BCUT2D eigenvalue weighted by Crippen LogP contribution is -2.63. The summed E-state index contributed by atoms with van der Waals surface area (Å²) in [4.78, 5) is 11.0. The van der Waals surface area contributed by atoms with Gasteiger partial charge in [-0.05, 0) is 51.9 Å². The highest BCUT2D eigenvalue weighted by Crippen LogP contribution is 2.32. The summed E-state index contributed by atoms with van der Waals surface area (Å²) in [5.74, 6) is 0. The van der Waals surface area contributed by atoms with E-state index in [9.17, 15) is 0 Å². The second-order valence-corrected chi connectivity index (χ2v) is 8.88. The lowest BCUT2D eigenvalue weighted by molar-refractivity contribution is -0.0203. The van der Waals surface area contributed by atoms with Crippen LogP contribution in [-0.4, -0.2) is 67.1 Å². The molecule has 0 saturated carbocycles. The molecular formula is C19H33N3S. The Balaban J connectivity index is 1.52. The second kappa shape index (κ2) is 7.64. The fraction of sp³-hybridized carbons (Fsp3) is 0.789. The zero-order chi connectivity index (χ0) is 16.3. The van der Waals surface area contributed by atoms with E-state index >= 15 is 0 Å². The number of rotatable bonds is 5. The van der Waals surface area contributed by atoms with Gasteiger partial charge in [-0.1, -0.05) is 13.3 Å². The van der Waals surface area contributed by atoms with E-state index in [1.165, 1.54) is 64.8 Å². The third kappa shape index (κ3) is 4.16. The molecule has 0 amide bonds. The first-order valence-electron chi connectivity index (χ1n) is 9.31. The number of piperidine rings is 1. The zero-order valence-corrected chi connectivity index (χ0v) is 16.0. The van der Waals surface area contributed by atoms with Crippen LogP contribution in [-0.2, 0) is 13.0 Å². The minimum absolute atomic E-state index is 0.436. The van der Waals surface area contributed by atoms with Gasteiger partial charge >= 0.3 is 0 Å². The molecule has 0 aliphatic carbocycles. The number of thiophene rings is 1. The number of aryl methyl sites for hydroxylation is 1. The molecule has 0 radical (unpaired) electrons. The SMILES string of the molecule is CCCCc1ccc(CN2CCC3(CC2)CN(C)CCN3C)s1. The monoisotopic (exact) mass is 335 g/mol. The van der Waals surface area contributed by atoms with E-state index in [4.69, 9.17) is 0 Å². The Morgan fingerprint density at radius 1 is 1.04 bits per heavy atom. The normalized spacial score (nSPS) is 23.6. The van der Waals surface area contributed by atoms with Crippen molar-refractivity contribution in [3.63, 3.8) is 0 Å². The molecular weight excluding hydrogens is 302 g/mol. The number of nitrogens with zero attached hydrogens (tertiary/aromatic N) is 3. The van der Waals surface area contributed by atoms with Gasteiger partial charge in [-0.3, -0.25) is 9.80 Å². The van der Waals surface area contributed by atoms with Crippen LogP contribution in [0.1, 0.15) is 42.4 Å². The molecule has 0 N–H and O–H groups in total. The van der Waals surface area contributed by atoms with Crippen LogP contribution < -0.4 is 0 Å². The van der Waals surface area contributed by atoms with Crippen molar-refractivity contribution in [2.75, 3.05) is 46.8 Å². The van der Waals surface area contributed by atoms with Crippen molar-refractivity contribution in [3.8, 4) is 0 Å². The number of likely N-dealkylation sites (N-methyl/N-ethyl adjacent to an activating group) is 2. The van der Waals surface area contributed by atoms with Crippen molar-refractivity contribution in [1.82, 2.24) is 14.7 Å². The first kappa shape index (κ1) is 17.4. The molecule has 0 bridgehead atoms. The molecule has 3 nitrogen and oxygen atoms in total. The van der Waals surface area contributed by atoms with Crippen LogP contribution >= 0.6 is 11.3 Å². The van der Waals surface area contributed by atoms with Crippen molar-refractivity contribution >= 4 is 11.3 Å². The van der Waals surface area contributed by atoms with Gasteiger partial charge in [0.2, 0.25) is 0 Å². The minimum atomic E-state index is 0.436. The van der Waals surface area contributed by atoms with Crippen LogP contribution in [0.25, 0.3) is 0 Å². The lowest BCUT2D eigenvalue weighted by atomic mass is 9.84. The van der Waals surface area contributed by atoms with Gasteiger partial charge in [0.25, 0.3) is 0 Å². The van der Waals surface area contributed by atoms with Crippen molar-refractivity contribution in [1.29, 1.82) is 0 Å². The number of likely N-dealkylation sites (tertiary alicyclic amines) is 1. The first-order chi connectivity index (χ1) is 11.1. The van der Waals surface area contributed by atoms with Crippen LogP contribution in [0, 0.1) is 0 Å². The van der Waals surface area contributed by atoms with Crippen molar-refractivity contribution in [2.45, 2.75) is 51.1 Å². The molecule has 3 heterocycles. The molecule has 2 saturated heterocycles. The molecule has 130 valence electrons. The van der Waals surface area contributed by atoms with Crippen molar-refractivity contribution < 1.29 is 0 Å². The Kier molecular flexibility index (Phi) is 5.78. The largest absolute Gasteiger partial charge is 0.303 e. The maximum Gasteiger partial charge on any atom is 0.0358 e. The summed E-state index contributed by atoms with van der Waals surface area (Å²) >= 11 is 2.03. The summed E-state index contributed by atoms with van der Waals surface area (Å²) in [6, 6.07) is 4.71. The molecule has 1 spiro atoms. The summed E-state index contributed by atoms with van der Waals surface area (Å²) in [5.41, 5.74) is 0.436. The van der Waals surface area contributed by atoms with Gasteiger partial charge in [0, 0.05) is 54.6 Å². The smallest absolute Gasteiger partial charge is 0.0358 e. The average Bonchev–Trinajstić information content (AvgIpc) is 2.99. The highest BCUT2D eigenvalue weighted by molar-refractivity contribution is 7.11. The third-order valence-electron chi connectivity index (χ3n) is 5.85. The summed E-state index contributed by atoms with van der Waals surface area (Å²) < 4.78 is 0. The summed E-state index contributed by atoms with van der Waals surface area (Å²) in [6.07, 6.45) is 6.53. The predicted molar refractivity (Wildman–Crippen MR) is 100 cm³/mol. The number of hydrogen-bond acceptors (Lipinski definition) is 4. The fourth-order valence-electron chi connectivity index (χ4n) is 4.14. The van der Waals surface area contributed by atoms with Crippen molar-refractivity contribution in [2.24, 2.45) is 0 Å². The molecule has 1 aromatic heterocycles. The van der Waals surface area contributed by atoms with Crippen LogP contribution in [0.15, 0.2) is 12.1 Å². The van der Waals surface area contributed by atoms with Crippen LogP contribution in [0.4, 0.5) is 0 Å². The maximum atomic E-state index is 2.67. The van der Waals surface area contributed by atoms with Gasteiger partial charge in [-0.15, -0.1) is 11.3 Å². The van der Waals surface area contributed by atoms with Gasteiger partial charge in [0.15, 0.2) is 0 Å². The molecule has 2 aliphatic heterocycles. The van der Waals surface area contributed by atoms with Crippen LogP contribution in [0.2, 0.25) is 0 Å². The van der Waals surface area contributed by atoms with Crippen LogP contribution in [0.5, 0.6) is 0 Å². The molecule has 2 fully saturated rings. The summed E-state index contributed by atoms with van der Waals surface area (Å²) in [6.45, 7) is 9.63. The van der Waals surface area contributed by atoms with Gasteiger partial charge in [0.1, 0.15) is 0 Å². The fourth-order valence-corrected chi connectivity index (χ4v) is 5.24. The second-order valence-electron chi connectivity index (χ2n) is 7.63. The van der Waals surface area contributed by atoms with E-state index in [0.717, 1.165) is 6.54 Å². The lowest BCUT2D eigenvalue weighted by Gasteiger charge is -2.52. The first-order valence-corrected chi connectivity index (χ1v) is 10.1. The van der Waals surface area contributed by atoms with Gasteiger partial charge < -0.3 is 4.90 Å². The van der Waals surface area contributed by atoms with E-state index in [-0.39, 0.29) is 0 Å².